The molecule has 0 saturated heterocycles. The van der Waals surface area contributed by atoms with Gasteiger partial charge in [-0.3, -0.25) is 4.99 Å². The monoisotopic (exact) mass is 184 g/mol. The molecular formula is C11H24N2. The molecule has 0 radical (unpaired) electrons. The minimum atomic E-state index is 0.405. The number of amidine groups is 1. The van der Waals surface area contributed by atoms with Crippen LogP contribution in [0.3, 0.4) is 0 Å². The normalized spacial score (nSPS) is 12.8. The van der Waals surface area contributed by atoms with Gasteiger partial charge in [-0.1, -0.05) is 13.8 Å². The SMILES string of the molecule is CCN(C)C(CC(C)C)=NC(C)C. The molecule has 0 amide bonds. The molecule has 2 nitrogen and oxygen atoms in total. The highest BCUT2D eigenvalue weighted by molar-refractivity contribution is 5.82. The highest BCUT2D eigenvalue weighted by Crippen LogP contribution is 2.06. The number of aliphatic imine (C=N–C) groups is 1. The van der Waals surface area contributed by atoms with Gasteiger partial charge >= 0.3 is 0 Å². The molecule has 0 heterocycles. The Morgan fingerprint density at radius 1 is 1.23 bits per heavy atom. The van der Waals surface area contributed by atoms with E-state index in [1.54, 1.807) is 0 Å². The van der Waals surface area contributed by atoms with E-state index in [9.17, 15) is 0 Å². The average molecular weight is 184 g/mol. The first-order valence-corrected chi connectivity index (χ1v) is 5.25. The Balaban J connectivity index is 4.36. The predicted molar refractivity (Wildman–Crippen MR) is 60.3 cm³/mol. The first kappa shape index (κ1) is 12.5. The Morgan fingerprint density at radius 2 is 1.77 bits per heavy atom. The molecular weight excluding hydrogens is 160 g/mol. The van der Waals surface area contributed by atoms with E-state index >= 15 is 0 Å². The van der Waals surface area contributed by atoms with E-state index in [0.29, 0.717) is 12.0 Å². The molecule has 0 atom stereocenters. The maximum absolute atomic E-state index is 4.63. The summed E-state index contributed by atoms with van der Waals surface area (Å²) >= 11 is 0. The molecule has 0 aliphatic carbocycles. The molecule has 0 aromatic carbocycles. The fourth-order valence-electron chi connectivity index (χ4n) is 1.15. The van der Waals surface area contributed by atoms with E-state index in [1.807, 2.05) is 0 Å². The Bertz CT molecular complexity index is 159. The van der Waals surface area contributed by atoms with Crippen molar-refractivity contribution in [3.63, 3.8) is 0 Å². The molecule has 78 valence electrons. The minimum Gasteiger partial charge on any atom is -0.364 e. The van der Waals surface area contributed by atoms with Crippen LogP contribution >= 0.6 is 0 Å². The summed E-state index contributed by atoms with van der Waals surface area (Å²) in [6, 6.07) is 0.405. The van der Waals surface area contributed by atoms with Crippen molar-refractivity contribution in [1.82, 2.24) is 4.90 Å². The van der Waals surface area contributed by atoms with Crippen LogP contribution in [0.1, 0.15) is 41.0 Å². The molecule has 0 bridgehead atoms. The number of nitrogens with zero attached hydrogens (tertiary/aromatic N) is 2. The van der Waals surface area contributed by atoms with Gasteiger partial charge in [-0.15, -0.1) is 0 Å². The molecule has 0 N–H and O–H groups in total. The van der Waals surface area contributed by atoms with Gasteiger partial charge in [0.2, 0.25) is 0 Å². The van der Waals surface area contributed by atoms with Crippen LogP contribution in [0.5, 0.6) is 0 Å². The van der Waals surface area contributed by atoms with Crippen LogP contribution in [-0.4, -0.2) is 30.4 Å². The highest BCUT2D eigenvalue weighted by Gasteiger charge is 2.07. The molecule has 0 saturated carbocycles. The van der Waals surface area contributed by atoms with Gasteiger partial charge in [0.15, 0.2) is 0 Å². The van der Waals surface area contributed by atoms with Crippen LogP contribution in [0.4, 0.5) is 0 Å². The van der Waals surface area contributed by atoms with Crippen LogP contribution in [0.25, 0.3) is 0 Å². The van der Waals surface area contributed by atoms with Crippen molar-refractivity contribution in [2.24, 2.45) is 10.9 Å². The maximum Gasteiger partial charge on any atom is 0.0991 e. The third-order valence-electron chi connectivity index (χ3n) is 1.91. The molecule has 0 aromatic heterocycles. The van der Waals surface area contributed by atoms with Crippen LogP contribution in [0.2, 0.25) is 0 Å². The predicted octanol–water partition coefficient (Wildman–Crippen LogP) is 2.79. The first-order valence-electron chi connectivity index (χ1n) is 5.25. The van der Waals surface area contributed by atoms with E-state index in [1.165, 1.54) is 5.84 Å². The second-order valence-electron chi connectivity index (χ2n) is 4.25. The summed E-state index contributed by atoms with van der Waals surface area (Å²) in [5.74, 6) is 1.93. The van der Waals surface area contributed by atoms with Crippen molar-refractivity contribution < 1.29 is 0 Å². The zero-order valence-electron chi connectivity index (χ0n) is 9.96. The van der Waals surface area contributed by atoms with Crippen molar-refractivity contribution >= 4 is 5.84 Å². The smallest absolute Gasteiger partial charge is 0.0991 e. The Morgan fingerprint density at radius 3 is 2.08 bits per heavy atom. The van der Waals surface area contributed by atoms with Crippen molar-refractivity contribution in [3.8, 4) is 0 Å². The number of hydrogen-bond acceptors (Lipinski definition) is 1. The van der Waals surface area contributed by atoms with Gasteiger partial charge in [0.1, 0.15) is 0 Å². The van der Waals surface area contributed by atoms with Crippen LogP contribution in [-0.2, 0) is 0 Å². The quantitative estimate of drug-likeness (QED) is 0.484. The van der Waals surface area contributed by atoms with E-state index in [4.69, 9.17) is 0 Å². The van der Waals surface area contributed by atoms with Crippen molar-refractivity contribution in [3.05, 3.63) is 0 Å². The molecule has 0 spiro atoms. The lowest BCUT2D eigenvalue weighted by Crippen LogP contribution is -2.28. The molecule has 13 heavy (non-hydrogen) atoms. The Labute approximate surface area is 83.0 Å². The fraction of sp³-hybridized carbons (Fsp3) is 0.909. The minimum absolute atomic E-state index is 0.405. The van der Waals surface area contributed by atoms with Crippen LogP contribution in [0, 0.1) is 5.92 Å². The fourth-order valence-corrected chi connectivity index (χ4v) is 1.15. The standard InChI is InChI=1S/C11H24N2/c1-7-13(6)11(8-9(2)3)12-10(4)5/h9-10H,7-8H2,1-6H3. The molecule has 2 heteroatoms. The van der Waals surface area contributed by atoms with Crippen molar-refractivity contribution in [2.45, 2.75) is 47.1 Å². The summed E-state index contributed by atoms with van der Waals surface area (Å²) in [5.41, 5.74) is 0. The first-order chi connectivity index (χ1) is 5.97. The van der Waals surface area contributed by atoms with Gasteiger partial charge in [-0.2, -0.15) is 0 Å². The summed E-state index contributed by atoms with van der Waals surface area (Å²) in [6.07, 6.45) is 1.09. The lowest BCUT2D eigenvalue weighted by atomic mass is 10.1. The molecule has 0 fully saturated rings. The van der Waals surface area contributed by atoms with E-state index < -0.39 is 0 Å². The summed E-state index contributed by atoms with van der Waals surface area (Å²) < 4.78 is 0. The lowest BCUT2D eigenvalue weighted by Gasteiger charge is -2.21. The third kappa shape index (κ3) is 5.67. The number of hydrogen-bond donors (Lipinski definition) is 0. The van der Waals surface area contributed by atoms with Crippen LogP contribution < -0.4 is 0 Å². The summed E-state index contributed by atoms with van der Waals surface area (Å²) in [5, 5.41) is 0. The summed E-state index contributed by atoms with van der Waals surface area (Å²) in [6.45, 7) is 11.9. The summed E-state index contributed by atoms with van der Waals surface area (Å²) in [7, 11) is 2.11. The zero-order chi connectivity index (χ0) is 10.4. The molecule has 0 aliphatic rings. The highest BCUT2D eigenvalue weighted by atomic mass is 15.2. The lowest BCUT2D eigenvalue weighted by molar-refractivity contribution is 0.496. The third-order valence-corrected chi connectivity index (χ3v) is 1.91. The number of rotatable bonds is 4. The Kier molecular flexibility index (Phi) is 5.76. The maximum atomic E-state index is 4.63. The van der Waals surface area contributed by atoms with E-state index in [-0.39, 0.29) is 0 Å². The zero-order valence-corrected chi connectivity index (χ0v) is 9.96. The second kappa shape index (κ2) is 6.01. The topological polar surface area (TPSA) is 15.6 Å². The second-order valence-corrected chi connectivity index (χ2v) is 4.25. The largest absolute Gasteiger partial charge is 0.364 e. The van der Waals surface area contributed by atoms with Gasteiger partial charge in [0.05, 0.1) is 5.84 Å². The van der Waals surface area contributed by atoms with Gasteiger partial charge < -0.3 is 4.90 Å². The van der Waals surface area contributed by atoms with Gasteiger partial charge in [0, 0.05) is 26.1 Å². The summed E-state index contributed by atoms with van der Waals surface area (Å²) in [4.78, 5) is 6.87. The van der Waals surface area contributed by atoms with Crippen molar-refractivity contribution in [1.29, 1.82) is 0 Å². The molecule has 0 aliphatic heterocycles. The Hall–Kier alpha value is -0.530. The molecule has 0 aromatic rings. The average Bonchev–Trinajstić information content (AvgIpc) is 2.00. The van der Waals surface area contributed by atoms with Gasteiger partial charge in [-0.25, -0.2) is 0 Å². The van der Waals surface area contributed by atoms with Gasteiger partial charge in [0.25, 0.3) is 0 Å². The van der Waals surface area contributed by atoms with E-state index in [2.05, 4.69) is 51.6 Å². The van der Waals surface area contributed by atoms with Crippen molar-refractivity contribution in [2.75, 3.05) is 13.6 Å². The van der Waals surface area contributed by atoms with E-state index in [0.717, 1.165) is 13.0 Å². The molecule has 0 rings (SSSR count). The molecule has 0 unspecified atom stereocenters. The van der Waals surface area contributed by atoms with Gasteiger partial charge in [-0.05, 0) is 26.7 Å². The van der Waals surface area contributed by atoms with Crippen LogP contribution in [0.15, 0.2) is 4.99 Å².